The van der Waals surface area contributed by atoms with Crippen molar-refractivity contribution in [1.29, 1.82) is 0 Å². The van der Waals surface area contributed by atoms with Crippen LogP contribution in [-0.4, -0.2) is 42.5 Å². The van der Waals surface area contributed by atoms with Gasteiger partial charge in [0.25, 0.3) is 0 Å². The zero-order valence-corrected chi connectivity index (χ0v) is 21.5. The molecule has 0 bridgehead atoms. The second kappa shape index (κ2) is 10.2. The third-order valence-corrected chi connectivity index (χ3v) is 6.91. The first kappa shape index (κ1) is 27.3. The number of hydrogen-bond acceptors (Lipinski definition) is 6. The van der Waals surface area contributed by atoms with Crippen LogP contribution >= 0.6 is 0 Å². The van der Waals surface area contributed by atoms with Crippen molar-refractivity contribution < 1.29 is 28.7 Å². The van der Waals surface area contributed by atoms with E-state index in [1.165, 1.54) is 14.0 Å². The average Bonchev–Trinajstić information content (AvgIpc) is 2.96. The number of amides is 2. The molecule has 8 heteroatoms. The molecule has 2 unspecified atom stereocenters. The van der Waals surface area contributed by atoms with E-state index in [-0.39, 0.29) is 24.2 Å². The Labute approximate surface area is 202 Å². The molecular weight excluding hydrogens is 436 g/mol. The maximum atomic E-state index is 13.3. The first-order valence-corrected chi connectivity index (χ1v) is 11.6. The minimum absolute atomic E-state index is 0.176. The Morgan fingerprint density at radius 2 is 1.68 bits per heavy atom. The number of ether oxygens (including phenoxy) is 2. The average molecular weight is 475 g/mol. The van der Waals surface area contributed by atoms with E-state index >= 15 is 0 Å². The van der Waals surface area contributed by atoms with Crippen molar-refractivity contribution in [3.8, 4) is 0 Å². The second-order valence-electron chi connectivity index (χ2n) is 10.8. The number of rotatable bonds is 7. The summed E-state index contributed by atoms with van der Waals surface area (Å²) in [7, 11) is 1.28. The van der Waals surface area contributed by atoms with Crippen molar-refractivity contribution in [3.63, 3.8) is 0 Å². The van der Waals surface area contributed by atoms with Crippen molar-refractivity contribution in [2.75, 3.05) is 12.4 Å². The van der Waals surface area contributed by atoms with Gasteiger partial charge in [-0.3, -0.25) is 14.4 Å². The zero-order chi connectivity index (χ0) is 25.9. The molecule has 1 aliphatic rings. The fourth-order valence-corrected chi connectivity index (χ4v) is 4.49. The van der Waals surface area contributed by atoms with Gasteiger partial charge in [0, 0.05) is 24.9 Å². The first-order valence-electron chi connectivity index (χ1n) is 11.6. The number of esters is 2. The Kier molecular flexibility index (Phi) is 8.17. The summed E-state index contributed by atoms with van der Waals surface area (Å²) in [4.78, 5) is 50.0. The van der Waals surface area contributed by atoms with E-state index in [0.29, 0.717) is 18.5 Å². The molecule has 2 amide bonds. The molecule has 2 rings (SSSR count). The molecule has 1 saturated carbocycles. The second-order valence-corrected chi connectivity index (χ2v) is 10.8. The molecule has 2 N–H and O–H groups in total. The van der Waals surface area contributed by atoms with E-state index in [9.17, 15) is 19.2 Å². The minimum Gasteiger partial charge on any atom is -0.467 e. The maximum Gasteiger partial charge on any atom is 0.328 e. The smallest absolute Gasteiger partial charge is 0.328 e. The highest BCUT2D eigenvalue weighted by molar-refractivity contribution is 5.89. The summed E-state index contributed by atoms with van der Waals surface area (Å²) >= 11 is 0. The SMILES string of the molecule is COC(=O)[C@H](Cc1ccc(NC(C)=O)cc1)NC(=O)C1CCC(C)(C(=O)OC(C)(C)C)C1(C)C. The van der Waals surface area contributed by atoms with Crippen molar-refractivity contribution in [2.45, 2.75) is 79.4 Å². The van der Waals surface area contributed by atoms with Crippen LogP contribution in [0.3, 0.4) is 0 Å². The third-order valence-electron chi connectivity index (χ3n) is 6.91. The Hall–Kier alpha value is -2.90. The van der Waals surface area contributed by atoms with Crippen LogP contribution < -0.4 is 10.6 Å². The van der Waals surface area contributed by atoms with E-state index in [4.69, 9.17) is 9.47 Å². The van der Waals surface area contributed by atoms with Crippen LogP contribution in [0.5, 0.6) is 0 Å². The molecule has 0 aliphatic heterocycles. The predicted octanol–water partition coefficient (Wildman–Crippen LogP) is 3.63. The normalized spacial score (nSPS) is 22.4. The summed E-state index contributed by atoms with van der Waals surface area (Å²) in [5.74, 6) is -1.80. The number of nitrogens with one attached hydrogen (secondary N) is 2. The van der Waals surface area contributed by atoms with Crippen molar-refractivity contribution >= 4 is 29.4 Å². The van der Waals surface area contributed by atoms with Gasteiger partial charge >= 0.3 is 11.9 Å². The number of hydrogen-bond donors (Lipinski definition) is 2. The van der Waals surface area contributed by atoms with E-state index in [1.54, 1.807) is 24.3 Å². The summed E-state index contributed by atoms with van der Waals surface area (Å²) in [6, 6.07) is 6.16. The first-order chi connectivity index (χ1) is 15.6. The fraction of sp³-hybridized carbons (Fsp3) is 0.615. The molecule has 1 aromatic carbocycles. The molecule has 1 aromatic rings. The number of anilines is 1. The largest absolute Gasteiger partial charge is 0.467 e. The molecule has 188 valence electrons. The quantitative estimate of drug-likeness (QED) is 0.584. The van der Waals surface area contributed by atoms with Gasteiger partial charge in [-0.25, -0.2) is 4.79 Å². The van der Waals surface area contributed by atoms with Crippen LogP contribution in [0.4, 0.5) is 5.69 Å². The van der Waals surface area contributed by atoms with Gasteiger partial charge in [-0.15, -0.1) is 0 Å². The van der Waals surface area contributed by atoms with Gasteiger partial charge in [-0.2, -0.15) is 0 Å². The molecule has 1 fully saturated rings. The van der Waals surface area contributed by atoms with E-state index in [2.05, 4.69) is 10.6 Å². The molecule has 0 aromatic heterocycles. The van der Waals surface area contributed by atoms with E-state index in [1.807, 2.05) is 41.5 Å². The van der Waals surface area contributed by atoms with Crippen molar-refractivity contribution in [2.24, 2.45) is 16.7 Å². The Morgan fingerprint density at radius 3 is 2.18 bits per heavy atom. The van der Waals surface area contributed by atoms with Gasteiger partial charge in [-0.05, 0) is 63.6 Å². The summed E-state index contributed by atoms with van der Waals surface area (Å²) in [6.07, 6.45) is 1.25. The maximum absolute atomic E-state index is 13.3. The standard InChI is InChI=1S/C26H38N2O6/c1-16(29)27-18-11-9-17(10-12-18)15-20(22(31)33-8)28-21(30)19-13-14-26(7,25(19,5)6)23(32)34-24(2,3)4/h9-12,19-20H,13-15H2,1-8H3,(H,27,29)(H,28,30)/t19?,20-,26?/m0/s1. The molecule has 8 nitrogen and oxygen atoms in total. The summed E-state index contributed by atoms with van der Waals surface area (Å²) < 4.78 is 10.6. The Morgan fingerprint density at radius 1 is 1.09 bits per heavy atom. The van der Waals surface area contributed by atoms with Gasteiger partial charge in [0.15, 0.2) is 0 Å². The van der Waals surface area contributed by atoms with Crippen LogP contribution in [0.15, 0.2) is 24.3 Å². The minimum atomic E-state index is -0.881. The number of benzene rings is 1. The summed E-state index contributed by atoms with van der Waals surface area (Å²) in [5, 5.41) is 5.54. The van der Waals surface area contributed by atoms with Crippen LogP contribution in [0.1, 0.15) is 66.9 Å². The number of methoxy groups -OCH3 is 1. The lowest BCUT2D eigenvalue weighted by molar-refractivity contribution is -0.173. The van der Waals surface area contributed by atoms with Crippen LogP contribution in [0.2, 0.25) is 0 Å². The highest BCUT2D eigenvalue weighted by atomic mass is 16.6. The fourth-order valence-electron chi connectivity index (χ4n) is 4.49. The molecule has 3 atom stereocenters. The number of carbonyl (C=O) groups excluding carboxylic acids is 4. The topological polar surface area (TPSA) is 111 Å². The molecular formula is C26H38N2O6. The van der Waals surface area contributed by atoms with Crippen LogP contribution in [0.25, 0.3) is 0 Å². The lowest BCUT2D eigenvalue weighted by Gasteiger charge is -2.40. The van der Waals surface area contributed by atoms with Crippen LogP contribution in [0, 0.1) is 16.7 Å². The van der Waals surface area contributed by atoms with Crippen molar-refractivity contribution in [1.82, 2.24) is 5.32 Å². The summed E-state index contributed by atoms with van der Waals surface area (Å²) in [6.45, 7) is 12.6. The van der Waals surface area contributed by atoms with Gasteiger partial charge in [-0.1, -0.05) is 26.0 Å². The molecule has 0 spiro atoms. The molecule has 1 aliphatic carbocycles. The van der Waals surface area contributed by atoms with Crippen molar-refractivity contribution in [3.05, 3.63) is 29.8 Å². The van der Waals surface area contributed by atoms with Gasteiger partial charge < -0.3 is 20.1 Å². The van der Waals surface area contributed by atoms with Gasteiger partial charge in [0.1, 0.15) is 11.6 Å². The lowest BCUT2D eigenvalue weighted by Crippen LogP contribution is -2.51. The summed E-state index contributed by atoms with van der Waals surface area (Å²) in [5.41, 5.74) is -0.692. The predicted molar refractivity (Wildman–Crippen MR) is 129 cm³/mol. The highest BCUT2D eigenvalue weighted by Crippen LogP contribution is 2.57. The van der Waals surface area contributed by atoms with E-state index in [0.717, 1.165) is 5.56 Å². The highest BCUT2D eigenvalue weighted by Gasteiger charge is 2.59. The van der Waals surface area contributed by atoms with Crippen LogP contribution in [-0.2, 0) is 35.1 Å². The Bertz CT molecular complexity index is 932. The zero-order valence-electron chi connectivity index (χ0n) is 21.5. The monoisotopic (exact) mass is 474 g/mol. The van der Waals surface area contributed by atoms with E-state index < -0.39 is 34.4 Å². The third kappa shape index (κ3) is 6.15. The van der Waals surface area contributed by atoms with Gasteiger partial charge in [0.2, 0.25) is 11.8 Å². The number of carbonyl (C=O) groups is 4. The molecule has 0 heterocycles. The van der Waals surface area contributed by atoms with Gasteiger partial charge in [0.05, 0.1) is 12.5 Å². The molecule has 0 radical (unpaired) electrons. The molecule has 0 saturated heterocycles. The molecule has 34 heavy (non-hydrogen) atoms. The lowest BCUT2D eigenvalue weighted by atomic mass is 9.65. The Balaban J connectivity index is 2.17.